The van der Waals surface area contributed by atoms with E-state index in [4.69, 9.17) is 4.74 Å². The lowest BCUT2D eigenvalue weighted by Crippen LogP contribution is -2.28. The second kappa shape index (κ2) is 10.5. The zero-order valence-electron chi connectivity index (χ0n) is 15.5. The van der Waals surface area contributed by atoms with Crippen LogP contribution in [0, 0.1) is 17.8 Å². The molecular weight excluding hydrogens is 284 g/mol. The molecule has 0 spiro atoms. The third kappa shape index (κ3) is 6.76. The quantitative estimate of drug-likeness (QED) is 0.618. The maximum atomic E-state index is 10.6. The molecule has 0 N–H and O–H groups in total. The molecule has 130 valence electrons. The molecule has 0 saturated heterocycles. The highest BCUT2D eigenvalue weighted by atomic mass is 16.5. The van der Waals surface area contributed by atoms with Crippen molar-refractivity contribution in [1.82, 2.24) is 0 Å². The van der Waals surface area contributed by atoms with Crippen molar-refractivity contribution >= 4 is 6.47 Å². The van der Waals surface area contributed by atoms with Gasteiger partial charge in [0.2, 0.25) is 0 Å². The highest BCUT2D eigenvalue weighted by Gasteiger charge is 2.33. The van der Waals surface area contributed by atoms with Crippen molar-refractivity contribution < 1.29 is 9.53 Å². The van der Waals surface area contributed by atoms with E-state index >= 15 is 0 Å². The zero-order valence-corrected chi connectivity index (χ0v) is 15.5. The van der Waals surface area contributed by atoms with Crippen molar-refractivity contribution in [3.05, 3.63) is 35.9 Å². The molecule has 1 fully saturated rings. The molecule has 1 saturated carbocycles. The summed E-state index contributed by atoms with van der Waals surface area (Å²) in [5, 5.41) is 0. The lowest BCUT2D eigenvalue weighted by atomic mass is 9.75. The van der Waals surface area contributed by atoms with E-state index in [1.165, 1.54) is 31.2 Å². The van der Waals surface area contributed by atoms with Gasteiger partial charge in [0.25, 0.3) is 6.47 Å². The molecule has 1 aliphatic carbocycles. The fraction of sp³-hybridized carbons (Fsp3) is 0.667. The molecule has 0 aromatic heterocycles. The minimum Gasteiger partial charge on any atom is -0.465 e. The normalized spacial score (nSPS) is 18.7. The largest absolute Gasteiger partial charge is 0.465 e. The molecule has 0 radical (unpaired) electrons. The van der Waals surface area contributed by atoms with Gasteiger partial charge >= 0.3 is 0 Å². The highest BCUT2D eigenvalue weighted by molar-refractivity contribution is 5.37. The van der Waals surface area contributed by atoms with Crippen LogP contribution in [0.1, 0.15) is 71.8 Å². The molecular formula is C21H34O2. The second-order valence-corrected chi connectivity index (χ2v) is 7.51. The smallest absolute Gasteiger partial charge is 0.293 e. The van der Waals surface area contributed by atoms with Gasteiger partial charge in [0.05, 0.1) is 0 Å². The van der Waals surface area contributed by atoms with Crippen LogP contribution >= 0.6 is 0 Å². The van der Waals surface area contributed by atoms with Crippen LogP contribution in [0.25, 0.3) is 0 Å². The predicted octanol–water partition coefficient (Wildman–Crippen LogP) is 5.82. The summed E-state index contributed by atoms with van der Waals surface area (Å²) in [5.74, 6) is 2.42. The number of benzene rings is 1. The summed E-state index contributed by atoms with van der Waals surface area (Å²) in [4.78, 5) is 10.6. The van der Waals surface area contributed by atoms with Crippen LogP contribution in [0.5, 0.6) is 0 Å². The number of carbonyl (C=O) groups is 1. The van der Waals surface area contributed by atoms with Crippen molar-refractivity contribution in [2.75, 3.05) is 0 Å². The van der Waals surface area contributed by atoms with Gasteiger partial charge in [-0.1, -0.05) is 70.9 Å². The Morgan fingerprint density at radius 3 is 2.00 bits per heavy atom. The Morgan fingerprint density at radius 2 is 1.52 bits per heavy atom. The first-order chi connectivity index (χ1) is 11.0. The molecule has 1 aromatic rings. The van der Waals surface area contributed by atoms with Crippen molar-refractivity contribution in [2.45, 2.75) is 72.3 Å². The molecule has 3 atom stereocenters. The van der Waals surface area contributed by atoms with Crippen molar-refractivity contribution in [2.24, 2.45) is 17.8 Å². The van der Waals surface area contributed by atoms with Gasteiger partial charge < -0.3 is 4.74 Å². The summed E-state index contributed by atoms with van der Waals surface area (Å²) >= 11 is 0. The third-order valence-corrected chi connectivity index (χ3v) is 4.67. The van der Waals surface area contributed by atoms with Crippen LogP contribution < -0.4 is 0 Å². The molecule has 1 aliphatic rings. The Labute approximate surface area is 142 Å². The number of ether oxygens (including phenoxy) is 1. The van der Waals surface area contributed by atoms with E-state index < -0.39 is 0 Å². The summed E-state index contributed by atoms with van der Waals surface area (Å²) in [6.45, 7) is 11.3. The average molecular weight is 319 g/mol. The van der Waals surface area contributed by atoms with E-state index in [2.05, 4.69) is 58.0 Å². The van der Waals surface area contributed by atoms with Gasteiger partial charge in [-0.15, -0.1) is 0 Å². The van der Waals surface area contributed by atoms with Gasteiger partial charge in [0.15, 0.2) is 0 Å². The molecule has 2 nitrogen and oxygen atoms in total. The Bertz CT molecular complexity index is 418. The SMILES string of the molecule is CC(C)C.CC(OC=O)C(C)C(c1ccccc1)C1CCCC1. The van der Waals surface area contributed by atoms with Crippen molar-refractivity contribution in [1.29, 1.82) is 0 Å². The first-order valence-corrected chi connectivity index (χ1v) is 9.11. The van der Waals surface area contributed by atoms with E-state index in [1.54, 1.807) is 0 Å². The minimum absolute atomic E-state index is 0.0247. The van der Waals surface area contributed by atoms with Gasteiger partial charge in [-0.05, 0) is 49.0 Å². The number of rotatable bonds is 6. The monoisotopic (exact) mass is 318 g/mol. The van der Waals surface area contributed by atoms with E-state index in [0.29, 0.717) is 18.3 Å². The van der Waals surface area contributed by atoms with Crippen molar-refractivity contribution in [3.8, 4) is 0 Å². The fourth-order valence-corrected chi connectivity index (χ4v) is 3.50. The maximum Gasteiger partial charge on any atom is 0.293 e. The summed E-state index contributed by atoms with van der Waals surface area (Å²) in [6, 6.07) is 10.7. The molecule has 2 heteroatoms. The molecule has 23 heavy (non-hydrogen) atoms. The standard InChI is InChI=1S/C17H24O2.C4H10/c1-13(14(2)19-12-18)17(16-10-6-7-11-16)15-8-4-3-5-9-15;1-4(2)3/h3-5,8-9,12-14,16-17H,6-7,10-11H2,1-2H3;4H,1-3H3. The van der Waals surface area contributed by atoms with E-state index in [1.807, 2.05) is 6.92 Å². The summed E-state index contributed by atoms with van der Waals surface area (Å²) in [6.07, 6.45) is 5.26. The van der Waals surface area contributed by atoms with Gasteiger partial charge in [0.1, 0.15) is 6.10 Å². The fourth-order valence-electron chi connectivity index (χ4n) is 3.50. The van der Waals surface area contributed by atoms with Gasteiger partial charge in [-0.3, -0.25) is 4.79 Å². The third-order valence-electron chi connectivity index (χ3n) is 4.67. The highest BCUT2D eigenvalue weighted by Crippen LogP contribution is 2.43. The lowest BCUT2D eigenvalue weighted by molar-refractivity contribution is -0.135. The van der Waals surface area contributed by atoms with Gasteiger partial charge in [-0.2, -0.15) is 0 Å². The van der Waals surface area contributed by atoms with Gasteiger partial charge in [0, 0.05) is 0 Å². The second-order valence-electron chi connectivity index (χ2n) is 7.51. The van der Waals surface area contributed by atoms with Crippen molar-refractivity contribution in [3.63, 3.8) is 0 Å². The Hall–Kier alpha value is -1.31. The van der Waals surface area contributed by atoms with Crippen LogP contribution in [0.3, 0.4) is 0 Å². The first-order valence-electron chi connectivity index (χ1n) is 9.11. The number of carbonyl (C=O) groups excluding carboxylic acids is 1. The Balaban J connectivity index is 0.000000593. The first kappa shape index (κ1) is 19.7. The topological polar surface area (TPSA) is 26.3 Å². The zero-order chi connectivity index (χ0) is 17.2. The molecule has 0 amide bonds. The number of hydrogen-bond donors (Lipinski definition) is 0. The molecule has 1 aromatic carbocycles. The summed E-state index contributed by atoms with van der Waals surface area (Å²) in [7, 11) is 0. The summed E-state index contributed by atoms with van der Waals surface area (Å²) in [5.41, 5.74) is 1.39. The average Bonchev–Trinajstić information content (AvgIpc) is 3.02. The molecule has 3 unspecified atom stereocenters. The molecule has 0 bridgehead atoms. The van der Waals surface area contributed by atoms with Crippen LogP contribution in [0.2, 0.25) is 0 Å². The van der Waals surface area contributed by atoms with Crippen LogP contribution in [-0.4, -0.2) is 12.6 Å². The van der Waals surface area contributed by atoms with Crippen LogP contribution in [0.15, 0.2) is 30.3 Å². The van der Waals surface area contributed by atoms with E-state index in [0.717, 1.165) is 11.8 Å². The molecule has 0 heterocycles. The predicted molar refractivity (Wildman–Crippen MR) is 97.4 cm³/mol. The maximum absolute atomic E-state index is 10.6. The number of hydrogen-bond acceptors (Lipinski definition) is 2. The Kier molecular flexibility index (Phi) is 8.98. The van der Waals surface area contributed by atoms with E-state index in [-0.39, 0.29) is 6.10 Å². The van der Waals surface area contributed by atoms with Gasteiger partial charge in [-0.25, -0.2) is 0 Å². The molecule has 0 aliphatic heterocycles. The summed E-state index contributed by atoms with van der Waals surface area (Å²) < 4.78 is 5.19. The van der Waals surface area contributed by atoms with Crippen LogP contribution in [-0.2, 0) is 9.53 Å². The Morgan fingerprint density at radius 1 is 1.00 bits per heavy atom. The van der Waals surface area contributed by atoms with E-state index in [9.17, 15) is 4.79 Å². The molecule has 2 rings (SSSR count). The lowest BCUT2D eigenvalue weighted by Gasteiger charge is -2.32. The minimum atomic E-state index is -0.0247. The van der Waals surface area contributed by atoms with Crippen LogP contribution in [0.4, 0.5) is 0 Å².